The minimum Gasteiger partial charge on any atom is -0.469 e. The second-order valence-corrected chi connectivity index (χ2v) is 7.80. The molecule has 0 aliphatic carbocycles. The smallest absolute Gasteiger partial charge is 0.323 e. The van der Waals surface area contributed by atoms with Crippen molar-refractivity contribution in [2.75, 3.05) is 17.7 Å². The first-order chi connectivity index (χ1) is 15.4. The van der Waals surface area contributed by atoms with E-state index in [9.17, 15) is 14.4 Å². The predicted molar refractivity (Wildman–Crippen MR) is 127 cm³/mol. The van der Waals surface area contributed by atoms with E-state index in [4.69, 9.17) is 4.74 Å². The Morgan fingerprint density at radius 2 is 1.53 bits per heavy atom. The first kappa shape index (κ1) is 23.0. The van der Waals surface area contributed by atoms with E-state index in [-0.39, 0.29) is 18.4 Å². The van der Waals surface area contributed by atoms with Gasteiger partial charge in [-0.3, -0.25) is 9.59 Å². The summed E-state index contributed by atoms with van der Waals surface area (Å²) in [7, 11) is 1.31. The van der Waals surface area contributed by atoms with E-state index < -0.39 is 12.0 Å². The fourth-order valence-electron chi connectivity index (χ4n) is 2.99. The van der Waals surface area contributed by atoms with E-state index in [0.717, 1.165) is 10.0 Å². The zero-order valence-electron chi connectivity index (χ0n) is 17.3. The fourth-order valence-corrected chi connectivity index (χ4v) is 3.40. The third-order valence-corrected chi connectivity index (χ3v) is 5.08. The van der Waals surface area contributed by atoms with Crippen molar-refractivity contribution in [1.82, 2.24) is 5.32 Å². The third kappa shape index (κ3) is 6.68. The minimum atomic E-state index is -0.554. The van der Waals surface area contributed by atoms with Crippen LogP contribution >= 0.6 is 15.9 Å². The Kier molecular flexibility index (Phi) is 7.99. The number of hydrogen-bond acceptors (Lipinski definition) is 4. The van der Waals surface area contributed by atoms with Gasteiger partial charge in [-0.15, -0.1) is 0 Å². The van der Waals surface area contributed by atoms with Gasteiger partial charge in [0.05, 0.1) is 19.6 Å². The van der Waals surface area contributed by atoms with Crippen molar-refractivity contribution in [3.63, 3.8) is 0 Å². The number of methoxy groups -OCH3 is 1. The molecule has 32 heavy (non-hydrogen) atoms. The maximum absolute atomic E-state index is 12.8. The van der Waals surface area contributed by atoms with E-state index in [0.29, 0.717) is 16.9 Å². The molecule has 3 N–H and O–H groups in total. The largest absolute Gasteiger partial charge is 0.469 e. The molecule has 7 nitrogen and oxygen atoms in total. The molecule has 0 saturated heterocycles. The van der Waals surface area contributed by atoms with Crippen LogP contribution in [0.4, 0.5) is 16.2 Å². The number of halogens is 1. The first-order valence-corrected chi connectivity index (χ1v) is 10.6. The number of benzene rings is 3. The number of hydrogen-bond donors (Lipinski definition) is 3. The average Bonchev–Trinajstić information content (AvgIpc) is 2.79. The van der Waals surface area contributed by atoms with Crippen LogP contribution in [0.1, 0.15) is 28.4 Å². The molecule has 0 aromatic heterocycles. The Morgan fingerprint density at radius 3 is 2.16 bits per heavy atom. The Balaban J connectivity index is 1.65. The van der Waals surface area contributed by atoms with Crippen LogP contribution in [-0.2, 0) is 9.53 Å². The van der Waals surface area contributed by atoms with Gasteiger partial charge in [0.25, 0.3) is 5.91 Å². The maximum atomic E-state index is 12.8. The van der Waals surface area contributed by atoms with Crippen LogP contribution in [-0.4, -0.2) is 25.0 Å². The normalized spacial score (nSPS) is 11.2. The SMILES string of the molecule is COC(=O)CC(NC(=O)c1ccc(NC(=O)Nc2ccccc2)cc1)c1cccc(Br)c1. The molecule has 0 aliphatic rings. The van der Waals surface area contributed by atoms with Gasteiger partial charge in [0, 0.05) is 21.4 Å². The Labute approximate surface area is 194 Å². The van der Waals surface area contributed by atoms with E-state index in [2.05, 4.69) is 31.9 Å². The van der Waals surface area contributed by atoms with E-state index in [1.54, 1.807) is 36.4 Å². The molecule has 1 unspecified atom stereocenters. The summed E-state index contributed by atoms with van der Waals surface area (Å²) >= 11 is 3.40. The molecule has 8 heteroatoms. The summed E-state index contributed by atoms with van der Waals surface area (Å²) in [5.41, 5.74) is 2.37. The van der Waals surface area contributed by atoms with Crippen LogP contribution in [0.25, 0.3) is 0 Å². The first-order valence-electron chi connectivity index (χ1n) is 9.81. The van der Waals surface area contributed by atoms with Gasteiger partial charge >= 0.3 is 12.0 Å². The van der Waals surface area contributed by atoms with Crippen molar-refractivity contribution in [3.8, 4) is 0 Å². The number of urea groups is 1. The topological polar surface area (TPSA) is 96.5 Å². The summed E-state index contributed by atoms with van der Waals surface area (Å²) in [4.78, 5) is 36.7. The molecule has 3 aromatic rings. The van der Waals surface area contributed by atoms with Crippen molar-refractivity contribution in [1.29, 1.82) is 0 Å². The zero-order chi connectivity index (χ0) is 22.9. The highest BCUT2D eigenvalue weighted by molar-refractivity contribution is 9.10. The Morgan fingerprint density at radius 1 is 0.875 bits per heavy atom. The van der Waals surface area contributed by atoms with Crippen molar-refractivity contribution in [2.24, 2.45) is 0 Å². The molecule has 0 saturated carbocycles. The van der Waals surface area contributed by atoms with Crippen LogP contribution < -0.4 is 16.0 Å². The van der Waals surface area contributed by atoms with E-state index >= 15 is 0 Å². The molecule has 3 amide bonds. The monoisotopic (exact) mass is 495 g/mol. The summed E-state index contributed by atoms with van der Waals surface area (Å²) in [5, 5.41) is 8.31. The fraction of sp³-hybridized carbons (Fsp3) is 0.125. The number of carbonyl (C=O) groups is 3. The third-order valence-electron chi connectivity index (χ3n) is 4.59. The summed E-state index contributed by atoms with van der Waals surface area (Å²) in [6.07, 6.45) is -0.00199. The molecule has 0 fully saturated rings. The molecule has 0 aliphatic heterocycles. The summed E-state index contributed by atoms with van der Waals surface area (Å²) < 4.78 is 5.60. The van der Waals surface area contributed by atoms with Gasteiger partial charge in [0.15, 0.2) is 0 Å². The second kappa shape index (κ2) is 11.1. The van der Waals surface area contributed by atoms with Crippen LogP contribution in [0.5, 0.6) is 0 Å². The maximum Gasteiger partial charge on any atom is 0.323 e. The number of carbonyl (C=O) groups excluding carboxylic acids is 3. The predicted octanol–water partition coefficient (Wildman–Crippen LogP) is 5.13. The van der Waals surface area contributed by atoms with E-state index in [1.165, 1.54) is 7.11 Å². The van der Waals surface area contributed by atoms with Crippen LogP contribution in [0, 0.1) is 0 Å². The van der Waals surface area contributed by atoms with Gasteiger partial charge in [-0.1, -0.05) is 46.3 Å². The summed E-state index contributed by atoms with van der Waals surface area (Å²) in [6.45, 7) is 0. The molecule has 1 atom stereocenters. The van der Waals surface area contributed by atoms with Gasteiger partial charge < -0.3 is 20.7 Å². The van der Waals surface area contributed by atoms with E-state index in [1.807, 2.05) is 42.5 Å². The minimum absolute atomic E-state index is 0.00199. The van der Waals surface area contributed by atoms with Gasteiger partial charge in [-0.05, 0) is 54.1 Å². The molecule has 3 aromatic carbocycles. The number of ether oxygens (including phenoxy) is 1. The number of amides is 3. The number of rotatable bonds is 7. The lowest BCUT2D eigenvalue weighted by Crippen LogP contribution is -2.30. The Bertz CT molecular complexity index is 1090. The highest BCUT2D eigenvalue weighted by Gasteiger charge is 2.20. The summed E-state index contributed by atoms with van der Waals surface area (Å²) in [6, 6.07) is 22.0. The molecule has 164 valence electrons. The van der Waals surface area contributed by atoms with Crippen LogP contribution in [0.15, 0.2) is 83.3 Å². The van der Waals surface area contributed by atoms with Gasteiger partial charge in [-0.2, -0.15) is 0 Å². The van der Waals surface area contributed by atoms with Crippen molar-refractivity contribution in [3.05, 3.63) is 94.5 Å². The molecule has 0 spiro atoms. The highest BCUT2D eigenvalue weighted by Crippen LogP contribution is 2.22. The highest BCUT2D eigenvalue weighted by atomic mass is 79.9. The van der Waals surface area contributed by atoms with Crippen molar-refractivity contribution in [2.45, 2.75) is 12.5 Å². The molecule has 3 rings (SSSR count). The molecule has 0 bridgehead atoms. The van der Waals surface area contributed by atoms with Gasteiger partial charge in [-0.25, -0.2) is 4.79 Å². The lowest BCUT2D eigenvalue weighted by atomic mass is 10.0. The Hall–Kier alpha value is -3.65. The standard InChI is InChI=1S/C24H22BrN3O4/c1-32-22(29)15-21(17-6-5-7-18(25)14-17)28-23(30)16-10-12-20(13-11-16)27-24(31)26-19-8-3-2-4-9-19/h2-14,21H,15H2,1H3,(H,28,30)(H2,26,27,31). The molecular formula is C24H22BrN3O4. The average molecular weight is 496 g/mol. The van der Waals surface area contributed by atoms with Crippen LogP contribution in [0.3, 0.4) is 0 Å². The number of nitrogens with one attached hydrogen (secondary N) is 3. The number of para-hydroxylation sites is 1. The van der Waals surface area contributed by atoms with Crippen LogP contribution in [0.2, 0.25) is 0 Å². The lowest BCUT2D eigenvalue weighted by molar-refractivity contribution is -0.141. The van der Waals surface area contributed by atoms with Gasteiger partial charge in [0.2, 0.25) is 0 Å². The molecular weight excluding hydrogens is 474 g/mol. The molecule has 0 heterocycles. The number of esters is 1. The second-order valence-electron chi connectivity index (χ2n) is 6.88. The zero-order valence-corrected chi connectivity index (χ0v) is 18.9. The number of anilines is 2. The van der Waals surface area contributed by atoms with Crippen molar-refractivity contribution < 1.29 is 19.1 Å². The summed E-state index contributed by atoms with van der Waals surface area (Å²) in [5.74, 6) is -0.779. The van der Waals surface area contributed by atoms with Crippen molar-refractivity contribution >= 4 is 45.2 Å². The quantitative estimate of drug-likeness (QED) is 0.396. The molecule has 0 radical (unpaired) electrons. The lowest BCUT2D eigenvalue weighted by Gasteiger charge is -2.19. The van der Waals surface area contributed by atoms with Gasteiger partial charge in [0.1, 0.15) is 0 Å².